The van der Waals surface area contributed by atoms with Gasteiger partial charge in [0.25, 0.3) is 0 Å². The zero-order chi connectivity index (χ0) is 3.70. The van der Waals surface area contributed by atoms with Crippen LogP contribution < -0.4 is 4.89 Å². The maximum absolute atomic E-state index is 9.82. The normalized spacial score (nSPS) is 21.4. The molecule has 0 amide bonds. The van der Waals surface area contributed by atoms with Crippen molar-refractivity contribution >= 4 is 13.2 Å². The predicted molar refractivity (Wildman–Crippen MR) is 20.0 cm³/mol. The Morgan fingerprint density at radius 2 is 2.20 bits per heavy atom. The smallest absolute Gasteiger partial charge is 0.172 e. The van der Waals surface area contributed by atoms with Crippen molar-refractivity contribution in [2.45, 2.75) is 0 Å². The Morgan fingerprint density at radius 3 is 2.20 bits per heavy atom. The Morgan fingerprint density at radius 1 is 1.80 bits per heavy atom. The lowest BCUT2D eigenvalue weighted by Crippen LogP contribution is -1.83. The lowest BCUT2D eigenvalue weighted by atomic mass is 11.0. The second-order valence-electron chi connectivity index (χ2n) is 0.711. The molecule has 1 heterocycles. The van der Waals surface area contributed by atoms with Crippen molar-refractivity contribution in [1.82, 2.24) is 0 Å². The highest BCUT2D eigenvalue weighted by atomic mass is 31.1. The van der Waals surface area contributed by atoms with Crippen LogP contribution in [-0.4, -0.2) is 5.45 Å². The molecular weight excluding hydrogens is 83.0 g/mol. The van der Waals surface area contributed by atoms with E-state index in [4.69, 9.17) is 0 Å². The minimum absolute atomic E-state index is 1.15. The zero-order valence-electron chi connectivity index (χ0n) is 2.43. The lowest BCUT2D eigenvalue weighted by Gasteiger charge is -1.78. The van der Waals surface area contributed by atoms with Crippen LogP contribution >= 0.6 is 7.77 Å². The third-order valence-corrected chi connectivity index (χ3v) is 1.07. The van der Waals surface area contributed by atoms with Crippen LogP contribution in [0.1, 0.15) is 0 Å². The second kappa shape index (κ2) is 0.825. The van der Waals surface area contributed by atoms with E-state index >= 15 is 0 Å². The summed E-state index contributed by atoms with van der Waals surface area (Å²) in [5.41, 5.74) is 4.91. The molecule has 0 aromatic carbocycles. The standard InChI is InChI=1S/C3HOP/c4-5-2-1-3-5/h2H. The van der Waals surface area contributed by atoms with Crippen molar-refractivity contribution in [3.05, 3.63) is 11.5 Å². The first-order valence-electron chi connectivity index (χ1n) is 1.20. The molecule has 5 heavy (non-hydrogen) atoms. The fourth-order valence-electron chi connectivity index (χ4n) is 0.117. The largest absolute Gasteiger partial charge is 0.618 e. The third kappa shape index (κ3) is 0.326. The SMILES string of the molecule is [O-][P+]1=C=C=C1. The van der Waals surface area contributed by atoms with Crippen LogP contribution in [0.2, 0.25) is 0 Å². The molecule has 1 rings (SSSR count). The lowest BCUT2D eigenvalue weighted by molar-refractivity contribution is -0.150. The average Bonchev–Trinajstić information content (AvgIpc) is 1.30. The van der Waals surface area contributed by atoms with Crippen LogP contribution in [0.25, 0.3) is 0 Å². The highest BCUT2D eigenvalue weighted by Crippen LogP contribution is 2.11. The van der Waals surface area contributed by atoms with Gasteiger partial charge in [0.15, 0.2) is 13.6 Å². The van der Waals surface area contributed by atoms with E-state index < -0.39 is 7.77 Å². The Labute approximate surface area is 30.7 Å². The first kappa shape index (κ1) is 2.90. The highest BCUT2D eigenvalue weighted by Gasteiger charge is 1.86. The third-order valence-electron chi connectivity index (χ3n) is 0.357. The molecule has 1 aliphatic rings. The van der Waals surface area contributed by atoms with Gasteiger partial charge in [0.05, 0.1) is 0 Å². The summed E-state index contributed by atoms with van der Waals surface area (Å²) in [5, 5.41) is 0. The van der Waals surface area contributed by atoms with E-state index in [0.29, 0.717) is 0 Å². The molecule has 0 radical (unpaired) electrons. The van der Waals surface area contributed by atoms with Crippen LogP contribution in [-0.2, 0) is 0 Å². The van der Waals surface area contributed by atoms with Gasteiger partial charge in [-0.2, -0.15) is 0 Å². The molecule has 24 valence electrons. The fourth-order valence-corrected chi connectivity index (χ4v) is 0.352. The summed E-state index contributed by atoms with van der Waals surface area (Å²) >= 11 is 0. The van der Waals surface area contributed by atoms with Gasteiger partial charge in [-0.05, 0) is 0 Å². The molecule has 0 spiro atoms. The van der Waals surface area contributed by atoms with Crippen molar-refractivity contribution in [1.29, 1.82) is 0 Å². The van der Waals surface area contributed by atoms with Crippen LogP contribution in [0.15, 0.2) is 11.5 Å². The number of hydrogen-bond acceptors (Lipinski definition) is 1. The van der Waals surface area contributed by atoms with Gasteiger partial charge >= 0.3 is 0 Å². The van der Waals surface area contributed by atoms with Gasteiger partial charge in [-0.15, -0.1) is 0 Å². The van der Waals surface area contributed by atoms with E-state index in [0.717, 1.165) is 0 Å². The van der Waals surface area contributed by atoms with Gasteiger partial charge in [0.2, 0.25) is 0 Å². The van der Waals surface area contributed by atoms with Gasteiger partial charge < -0.3 is 4.89 Å². The summed E-state index contributed by atoms with van der Waals surface area (Å²) in [7, 11) is -1.15. The Kier molecular flexibility index (Phi) is 0.479. The molecule has 2 heteroatoms. The Balaban J connectivity index is 3.13. The van der Waals surface area contributed by atoms with Crippen LogP contribution in [0.4, 0.5) is 0 Å². The van der Waals surface area contributed by atoms with Crippen molar-refractivity contribution in [3.63, 3.8) is 0 Å². The summed E-state index contributed by atoms with van der Waals surface area (Å²) in [5.74, 6) is 1.50. The summed E-state index contributed by atoms with van der Waals surface area (Å²) < 4.78 is 0. The van der Waals surface area contributed by atoms with Crippen LogP contribution in [0, 0.1) is 0 Å². The Hall–Kier alpha value is -0.310. The molecule has 0 aromatic heterocycles. The molecule has 0 N–H and O–H groups in total. The molecule has 0 fully saturated rings. The molecule has 0 aliphatic carbocycles. The minimum atomic E-state index is -1.15. The summed E-state index contributed by atoms with van der Waals surface area (Å²) in [6.45, 7) is 0. The summed E-state index contributed by atoms with van der Waals surface area (Å²) in [6, 6.07) is 0. The molecule has 0 aromatic rings. The highest BCUT2D eigenvalue weighted by molar-refractivity contribution is 7.54. The maximum atomic E-state index is 9.82. The van der Waals surface area contributed by atoms with Gasteiger partial charge in [0, 0.05) is 5.73 Å². The molecule has 0 saturated heterocycles. The first-order chi connectivity index (χ1) is 2.39. The molecule has 1 atom stereocenters. The second-order valence-corrected chi connectivity index (χ2v) is 1.84. The van der Waals surface area contributed by atoms with E-state index in [1.165, 1.54) is 5.82 Å². The molecule has 1 unspecified atom stereocenters. The van der Waals surface area contributed by atoms with E-state index in [-0.39, 0.29) is 0 Å². The minimum Gasteiger partial charge on any atom is -0.618 e. The van der Waals surface area contributed by atoms with Crippen LogP contribution in [0.5, 0.6) is 0 Å². The van der Waals surface area contributed by atoms with Gasteiger partial charge in [0.1, 0.15) is 5.45 Å². The summed E-state index contributed by atoms with van der Waals surface area (Å²) in [4.78, 5) is 9.82. The quantitative estimate of drug-likeness (QED) is 0.295. The average molecular weight is 84.0 g/mol. The molecule has 0 saturated carbocycles. The number of hydrogen-bond donors (Lipinski definition) is 0. The predicted octanol–water partition coefficient (Wildman–Crippen LogP) is -0.173. The van der Waals surface area contributed by atoms with E-state index in [1.807, 2.05) is 0 Å². The van der Waals surface area contributed by atoms with Gasteiger partial charge in [-0.1, -0.05) is 0 Å². The molecule has 1 nitrogen and oxygen atoms in total. The van der Waals surface area contributed by atoms with Crippen molar-refractivity contribution in [3.8, 4) is 0 Å². The van der Waals surface area contributed by atoms with E-state index in [2.05, 4.69) is 11.2 Å². The van der Waals surface area contributed by atoms with Crippen LogP contribution in [0.3, 0.4) is 0 Å². The van der Waals surface area contributed by atoms with Crippen molar-refractivity contribution in [2.75, 3.05) is 0 Å². The summed E-state index contributed by atoms with van der Waals surface area (Å²) in [6.07, 6.45) is 0. The van der Waals surface area contributed by atoms with E-state index in [9.17, 15) is 4.89 Å². The zero-order valence-corrected chi connectivity index (χ0v) is 3.33. The number of rotatable bonds is 0. The van der Waals surface area contributed by atoms with Gasteiger partial charge in [-0.25, -0.2) is 0 Å². The molecule has 0 bridgehead atoms. The monoisotopic (exact) mass is 84.0 g/mol. The maximum Gasteiger partial charge on any atom is 0.172 e. The first-order valence-corrected chi connectivity index (χ1v) is 2.53. The fraction of sp³-hybridized carbons (Fsp3) is 0. The molecule has 1 aliphatic heterocycles. The van der Waals surface area contributed by atoms with E-state index in [1.54, 1.807) is 0 Å². The van der Waals surface area contributed by atoms with Gasteiger partial charge in [-0.3, -0.25) is 0 Å². The van der Waals surface area contributed by atoms with Crippen molar-refractivity contribution < 1.29 is 4.89 Å². The van der Waals surface area contributed by atoms with Crippen molar-refractivity contribution in [2.24, 2.45) is 0 Å². The Bertz CT molecular complexity index is 135. The molecular formula is C3HOP. The topological polar surface area (TPSA) is 23.1 Å².